The maximum Gasteiger partial charge on any atom is 0.253 e. The first-order valence-electron chi connectivity index (χ1n) is 8.71. The lowest BCUT2D eigenvalue weighted by Crippen LogP contribution is -2.45. The van der Waals surface area contributed by atoms with E-state index in [9.17, 15) is 9.59 Å². The molecule has 2 aromatic carbocycles. The molecule has 0 saturated carbocycles. The molecule has 0 bridgehead atoms. The quantitative estimate of drug-likeness (QED) is 0.825. The van der Waals surface area contributed by atoms with Gasteiger partial charge in [-0.1, -0.05) is 29.8 Å². The van der Waals surface area contributed by atoms with Crippen LogP contribution in [0.25, 0.3) is 0 Å². The van der Waals surface area contributed by atoms with Gasteiger partial charge in [0.15, 0.2) is 11.5 Å². The first-order valence-corrected chi connectivity index (χ1v) is 9.09. The van der Waals surface area contributed by atoms with Crippen molar-refractivity contribution in [3.63, 3.8) is 0 Å². The zero-order chi connectivity index (χ0) is 19.4. The Hall–Kier alpha value is -2.73. The van der Waals surface area contributed by atoms with E-state index in [1.165, 1.54) is 0 Å². The molecule has 0 spiro atoms. The predicted octanol–water partition coefficient (Wildman–Crippen LogP) is 3.11. The monoisotopic (exact) mass is 388 g/mol. The van der Waals surface area contributed by atoms with E-state index in [0.29, 0.717) is 35.3 Å². The largest absolute Gasteiger partial charge is 0.486 e. The molecule has 2 aromatic rings. The molecule has 0 aliphatic carbocycles. The van der Waals surface area contributed by atoms with Crippen molar-refractivity contribution in [2.75, 3.05) is 13.2 Å². The van der Waals surface area contributed by atoms with E-state index in [2.05, 4.69) is 10.6 Å². The molecule has 142 valence electrons. The van der Waals surface area contributed by atoms with Crippen molar-refractivity contribution in [1.82, 2.24) is 10.6 Å². The van der Waals surface area contributed by atoms with Crippen molar-refractivity contribution in [2.24, 2.45) is 0 Å². The summed E-state index contributed by atoms with van der Waals surface area (Å²) in [5, 5.41) is 5.89. The number of hydrogen-bond donors (Lipinski definition) is 2. The summed E-state index contributed by atoms with van der Waals surface area (Å²) in [6.45, 7) is 4.52. The van der Waals surface area contributed by atoms with Crippen LogP contribution in [0.3, 0.4) is 0 Å². The number of carbonyl (C=O) groups is 2. The Morgan fingerprint density at radius 3 is 2.44 bits per heavy atom. The first-order chi connectivity index (χ1) is 13.0. The molecule has 0 fully saturated rings. The summed E-state index contributed by atoms with van der Waals surface area (Å²) in [7, 11) is 0. The number of rotatable bonds is 5. The molecule has 0 radical (unpaired) electrons. The van der Waals surface area contributed by atoms with Crippen molar-refractivity contribution in [3.8, 4) is 11.5 Å². The molecule has 6 nitrogen and oxygen atoms in total. The lowest BCUT2D eigenvalue weighted by molar-refractivity contribution is -0.123. The van der Waals surface area contributed by atoms with Crippen LogP contribution in [0.1, 0.15) is 35.8 Å². The van der Waals surface area contributed by atoms with Crippen molar-refractivity contribution < 1.29 is 19.1 Å². The van der Waals surface area contributed by atoms with Gasteiger partial charge in [-0.3, -0.25) is 9.59 Å². The van der Waals surface area contributed by atoms with Gasteiger partial charge in [-0.25, -0.2) is 0 Å². The average molecular weight is 389 g/mol. The summed E-state index contributed by atoms with van der Waals surface area (Å²) in [6, 6.07) is 11.3. The highest BCUT2D eigenvalue weighted by Crippen LogP contribution is 2.32. The van der Waals surface area contributed by atoms with Crippen LogP contribution in [-0.4, -0.2) is 31.1 Å². The molecule has 2 amide bonds. The highest BCUT2D eigenvalue weighted by atomic mass is 35.5. The SMILES string of the molecule is CC(NC(=O)c1ccccc1Cl)C(=O)NC(C)c1ccc2c(c1)OCCO2. The molecule has 3 rings (SSSR count). The van der Waals surface area contributed by atoms with Crippen molar-refractivity contribution in [1.29, 1.82) is 0 Å². The van der Waals surface area contributed by atoms with Crippen LogP contribution in [0.2, 0.25) is 5.02 Å². The van der Waals surface area contributed by atoms with E-state index in [-0.39, 0.29) is 11.9 Å². The number of nitrogens with one attached hydrogen (secondary N) is 2. The Bertz CT molecular complexity index is 856. The summed E-state index contributed by atoms with van der Waals surface area (Å²) in [5.41, 5.74) is 1.22. The van der Waals surface area contributed by atoms with E-state index >= 15 is 0 Å². The standard InChI is InChI=1S/C20H21ClN2O4/c1-12(14-7-8-17-18(11-14)27-10-9-26-17)22-19(24)13(2)23-20(25)15-5-3-4-6-16(15)21/h3-8,11-13H,9-10H2,1-2H3,(H,22,24)(H,23,25). The van der Waals surface area contributed by atoms with Crippen LogP contribution in [0.15, 0.2) is 42.5 Å². The number of halogens is 1. The number of benzene rings is 2. The Morgan fingerprint density at radius 2 is 1.70 bits per heavy atom. The molecule has 2 N–H and O–H groups in total. The molecule has 2 unspecified atom stereocenters. The van der Waals surface area contributed by atoms with Gasteiger partial charge in [-0.05, 0) is 43.7 Å². The minimum absolute atomic E-state index is 0.256. The Kier molecular flexibility index (Phi) is 5.86. The van der Waals surface area contributed by atoms with Crippen molar-refractivity contribution in [3.05, 3.63) is 58.6 Å². The summed E-state index contributed by atoms with van der Waals surface area (Å²) in [4.78, 5) is 24.7. The van der Waals surface area contributed by atoms with Gasteiger partial charge >= 0.3 is 0 Å². The number of fused-ring (bicyclic) bond motifs is 1. The summed E-state index contributed by atoms with van der Waals surface area (Å²) in [6.07, 6.45) is 0. The molecule has 0 aromatic heterocycles. The van der Waals surface area contributed by atoms with Gasteiger partial charge in [-0.15, -0.1) is 0 Å². The van der Waals surface area contributed by atoms with Crippen LogP contribution < -0.4 is 20.1 Å². The molecule has 1 aliphatic heterocycles. The van der Waals surface area contributed by atoms with Crippen LogP contribution in [0, 0.1) is 0 Å². The van der Waals surface area contributed by atoms with Gasteiger partial charge in [0.05, 0.1) is 16.6 Å². The molecule has 7 heteroatoms. The highest BCUT2D eigenvalue weighted by molar-refractivity contribution is 6.33. The second-order valence-corrected chi connectivity index (χ2v) is 6.72. The fourth-order valence-electron chi connectivity index (χ4n) is 2.74. The van der Waals surface area contributed by atoms with Crippen molar-refractivity contribution in [2.45, 2.75) is 25.9 Å². The summed E-state index contributed by atoms with van der Waals surface area (Å²) in [5.74, 6) is 0.678. The maximum atomic E-state index is 12.5. The van der Waals surface area contributed by atoms with Gasteiger partial charge in [0.25, 0.3) is 5.91 Å². The lowest BCUT2D eigenvalue weighted by Gasteiger charge is -2.22. The molecule has 1 aliphatic rings. The third-order valence-corrected chi connectivity index (χ3v) is 4.61. The van der Waals surface area contributed by atoms with Crippen LogP contribution >= 0.6 is 11.6 Å². The summed E-state index contributed by atoms with van der Waals surface area (Å²) >= 11 is 6.02. The normalized spacial score (nSPS) is 14.8. The van der Waals surface area contributed by atoms with Crippen LogP contribution in [-0.2, 0) is 4.79 Å². The lowest BCUT2D eigenvalue weighted by atomic mass is 10.1. The van der Waals surface area contributed by atoms with E-state index in [0.717, 1.165) is 5.56 Å². The van der Waals surface area contributed by atoms with E-state index in [4.69, 9.17) is 21.1 Å². The fraction of sp³-hybridized carbons (Fsp3) is 0.300. The van der Waals surface area contributed by atoms with Gasteiger partial charge in [-0.2, -0.15) is 0 Å². The van der Waals surface area contributed by atoms with E-state index in [1.54, 1.807) is 31.2 Å². The first kappa shape index (κ1) is 19.0. The number of hydrogen-bond acceptors (Lipinski definition) is 4. The van der Waals surface area contributed by atoms with E-state index < -0.39 is 11.9 Å². The third-order valence-electron chi connectivity index (χ3n) is 4.28. The maximum absolute atomic E-state index is 12.5. The smallest absolute Gasteiger partial charge is 0.253 e. The second-order valence-electron chi connectivity index (χ2n) is 6.31. The highest BCUT2D eigenvalue weighted by Gasteiger charge is 2.21. The Balaban J connectivity index is 1.60. The summed E-state index contributed by atoms with van der Waals surface area (Å²) < 4.78 is 11.1. The topological polar surface area (TPSA) is 76.7 Å². The minimum atomic E-state index is -0.714. The van der Waals surface area contributed by atoms with Gasteiger partial charge in [0.2, 0.25) is 5.91 Å². The second kappa shape index (κ2) is 8.31. The van der Waals surface area contributed by atoms with Crippen LogP contribution in [0.5, 0.6) is 11.5 Å². The number of carbonyl (C=O) groups excluding carboxylic acids is 2. The average Bonchev–Trinajstić information content (AvgIpc) is 2.67. The Labute approximate surface area is 162 Å². The molecule has 2 atom stereocenters. The number of amides is 2. The van der Waals surface area contributed by atoms with Crippen molar-refractivity contribution >= 4 is 23.4 Å². The zero-order valence-electron chi connectivity index (χ0n) is 15.1. The fourth-order valence-corrected chi connectivity index (χ4v) is 2.96. The van der Waals surface area contributed by atoms with E-state index in [1.807, 2.05) is 25.1 Å². The van der Waals surface area contributed by atoms with Gasteiger partial charge < -0.3 is 20.1 Å². The van der Waals surface area contributed by atoms with Crippen LogP contribution in [0.4, 0.5) is 0 Å². The molecular weight excluding hydrogens is 368 g/mol. The third kappa shape index (κ3) is 4.52. The molecule has 1 heterocycles. The van der Waals surface area contributed by atoms with Gasteiger partial charge in [0, 0.05) is 0 Å². The molecule has 0 saturated heterocycles. The predicted molar refractivity (Wildman–Crippen MR) is 102 cm³/mol. The van der Waals surface area contributed by atoms with Gasteiger partial charge in [0.1, 0.15) is 19.3 Å². The Morgan fingerprint density at radius 1 is 1.00 bits per heavy atom. The minimum Gasteiger partial charge on any atom is -0.486 e. The molecule has 27 heavy (non-hydrogen) atoms. The number of ether oxygens (including phenoxy) is 2. The molecular formula is C20H21ClN2O4. The zero-order valence-corrected chi connectivity index (χ0v) is 15.9.